The van der Waals surface area contributed by atoms with Crippen LogP contribution in [0.5, 0.6) is 0 Å². The second-order valence-electron chi connectivity index (χ2n) is 5.57. The van der Waals surface area contributed by atoms with E-state index < -0.39 is 11.9 Å². The van der Waals surface area contributed by atoms with E-state index in [9.17, 15) is 13.2 Å². The van der Waals surface area contributed by atoms with Crippen molar-refractivity contribution in [3.8, 4) is 22.5 Å². The van der Waals surface area contributed by atoms with Gasteiger partial charge in [-0.05, 0) is 18.2 Å². The van der Waals surface area contributed by atoms with E-state index in [0.717, 1.165) is 27.7 Å². The molecule has 0 aliphatic heterocycles. The molecule has 0 spiro atoms. The van der Waals surface area contributed by atoms with Crippen LogP contribution in [0.2, 0.25) is 0 Å². The number of halogens is 3. The standard InChI is InChI=1S/C17H12F3N5/c1-24-15(17(18,19)20)9-13(23-24)11-4-6-12(7-5-11)14-10-25-16(22-14)3-2-8-21-25/h2-10H,1H3. The van der Waals surface area contributed by atoms with Gasteiger partial charge in [-0.2, -0.15) is 23.4 Å². The Morgan fingerprint density at radius 3 is 2.24 bits per heavy atom. The highest BCUT2D eigenvalue weighted by molar-refractivity contribution is 5.68. The maximum atomic E-state index is 12.9. The topological polar surface area (TPSA) is 48.0 Å². The predicted molar refractivity (Wildman–Crippen MR) is 85.6 cm³/mol. The van der Waals surface area contributed by atoms with Crippen LogP contribution in [0.15, 0.2) is 54.9 Å². The van der Waals surface area contributed by atoms with Crippen molar-refractivity contribution in [2.45, 2.75) is 6.18 Å². The van der Waals surface area contributed by atoms with E-state index >= 15 is 0 Å². The Balaban J connectivity index is 1.68. The van der Waals surface area contributed by atoms with Gasteiger partial charge in [0.2, 0.25) is 0 Å². The zero-order chi connectivity index (χ0) is 17.6. The van der Waals surface area contributed by atoms with E-state index in [0.29, 0.717) is 5.56 Å². The normalized spacial score (nSPS) is 12.0. The number of hydrogen-bond donors (Lipinski definition) is 0. The number of aromatic nitrogens is 5. The van der Waals surface area contributed by atoms with Crippen molar-refractivity contribution in [3.63, 3.8) is 0 Å². The van der Waals surface area contributed by atoms with Crippen molar-refractivity contribution < 1.29 is 13.2 Å². The highest BCUT2D eigenvalue weighted by Gasteiger charge is 2.35. The predicted octanol–water partition coefficient (Wildman–Crippen LogP) is 3.82. The van der Waals surface area contributed by atoms with Crippen molar-refractivity contribution in [2.24, 2.45) is 7.05 Å². The number of hydrogen-bond acceptors (Lipinski definition) is 3. The van der Waals surface area contributed by atoms with Gasteiger partial charge in [0.05, 0.1) is 17.6 Å². The second-order valence-corrected chi connectivity index (χ2v) is 5.57. The van der Waals surface area contributed by atoms with E-state index in [1.165, 1.54) is 7.05 Å². The Morgan fingerprint density at radius 2 is 1.64 bits per heavy atom. The van der Waals surface area contributed by atoms with Crippen LogP contribution in [0.1, 0.15) is 5.69 Å². The molecular weight excluding hydrogens is 331 g/mol. The van der Waals surface area contributed by atoms with Gasteiger partial charge in [0.15, 0.2) is 5.65 Å². The number of benzene rings is 1. The largest absolute Gasteiger partial charge is 0.433 e. The number of imidazole rings is 1. The maximum absolute atomic E-state index is 12.9. The fraction of sp³-hybridized carbons (Fsp3) is 0.118. The first-order valence-electron chi connectivity index (χ1n) is 7.44. The number of rotatable bonds is 2. The van der Waals surface area contributed by atoms with Gasteiger partial charge >= 0.3 is 6.18 Å². The molecule has 0 unspecified atom stereocenters. The highest BCUT2D eigenvalue weighted by Crippen LogP contribution is 2.32. The van der Waals surface area contributed by atoms with E-state index in [1.54, 1.807) is 47.2 Å². The van der Waals surface area contributed by atoms with Crippen LogP contribution in [-0.2, 0) is 13.2 Å². The molecule has 0 N–H and O–H groups in total. The van der Waals surface area contributed by atoms with Gasteiger partial charge in [0.25, 0.3) is 0 Å². The van der Waals surface area contributed by atoms with Crippen molar-refractivity contribution in [2.75, 3.05) is 0 Å². The molecule has 0 bridgehead atoms. The molecule has 1 aromatic carbocycles. The van der Waals surface area contributed by atoms with Gasteiger partial charge in [-0.3, -0.25) is 4.68 Å². The third-order valence-electron chi connectivity index (χ3n) is 3.88. The number of aryl methyl sites for hydroxylation is 1. The fourth-order valence-corrected chi connectivity index (χ4v) is 2.66. The molecule has 0 fully saturated rings. The van der Waals surface area contributed by atoms with E-state index in [4.69, 9.17) is 0 Å². The van der Waals surface area contributed by atoms with Crippen LogP contribution in [0.25, 0.3) is 28.2 Å². The summed E-state index contributed by atoms with van der Waals surface area (Å²) in [6.07, 6.45) is -0.961. The lowest BCUT2D eigenvalue weighted by Crippen LogP contribution is -2.11. The Bertz CT molecular complexity index is 1010. The molecule has 25 heavy (non-hydrogen) atoms. The molecule has 0 atom stereocenters. The Morgan fingerprint density at radius 1 is 0.960 bits per heavy atom. The Hall–Kier alpha value is -3.16. The average Bonchev–Trinajstić information content (AvgIpc) is 3.18. The van der Waals surface area contributed by atoms with E-state index in [1.807, 2.05) is 6.07 Å². The lowest BCUT2D eigenvalue weighted by molar-refractivity contribution is -0.143. The zero-order valence-electron chi connectivity index (χ0n) is 13.1. The summed E-state index contributed by atoms with van der Waals surface area (Å²) in [4.78, 5) is 4.47. The summed E-state index contributed by atoms with van der Waals surface area (Å²) in [5, 5.41) is 8.11. The van der Waals surface area contributed by atoms with E-state index in [-0.39, 0.29) is 5.69 Å². The summed E-state index contributed by atoms with van der Waals surface area (Å²) in [6, 6.07) is 11.8. The van der Waals surface area contributed by atoms with Crippen LogP contribution in [-0.4, -0.2) is 24.4 Å². The summed E-state index contributed by atoms with van der Waals surface area (Å²) < 4.78 is 41.2. The molecule has 4 rings (SSSR count). The van der Waals surface area contributed by atoms with Crippen LogP contribution in [0.4, 0.5) is 13.2 Å². The lowest BCUT2D eigenvalue weighted by Gasteiger charge is -2.04. The van der Waals surface area contributed by atoms with Crippen molar-refractivity contribution in [1.29, 1.82) is 0 Å². The third kappa shape index (κ3) is 2.75. The Kier molecular flexibility index (Phi) is 3.34. The summed E-state index contributed by atoms with van der Waals surface area (Å²) in [6.45, 7) is 0. The fourth-order valence-electron chi connectivity index (χ4n) is 2.66. The molecule has 0 saturated carbocycles. The molecule has 0 aliphatic rings. The van der Waals surface area contributed by atoms with Crippen LogP contribution in [0, 0.1) is 0 Å². The SMILES string of the molecule is Cn1nc(-c2ccc(-c3cn4ncccc4n3)cc2)cc1C(F)(F)F. The monoisotopic (exact) mass is 343 g/mol. The van der Waals surface area contributed by atoms with Crippen molar-refractivity contribution >= 4 is 5.65 Å². The maximum Gasteiger partial charge on any atom is 0.433 e. The van der Waals surface area contributed by atoms with Crippen molar-refractivity contribution in [3.05, 3.63) is 60.6 Å². The number of fused-ring (bicyclic) bond motifs is 1. The smallest absolute Gasteiger partial charge is 0.263 e. The van der Waals surface area contributed by atoms with Crippen LogP contribution < -0.4 is 0 Å². The number of nitrogens with zero attached hydrogens (tertiary/aromatic N) is 5. The van der Waals surface area contributed by atoms with Gasteiger partial charge in [-0.25, -0.2) is 9.50 Å². The molecular formula is C17H12F3N5. The molecule has 0 radical (unpaired) electrons. The molecule has 0 amide bonds. The molecule has 3 aromatic heterocycles. The molecule has 3 heterocycles. The van der Waals surface area contributed by atoms with Gasteiger partial charge in [-0.1, -0.05) is 24.3 Å². The average molecular weight is 343 g/mol. The molecule has 0 aliphatic carbocycles. The molecule has 0 saturated heterocycles. The number of alkyl halides is 3. The zero-order valence-corrected chi connectivity index (χ0v) is 13.1. The highest BCUT2D eigenvalue weighted by atomic mass is 19.4. The minimum absolute atomic E-state index is 0.276. The minimum Gasteiger partial charge on any atom is -0.263 e. The molecule has 4 aromatic rings. The van der Waals surface area contributed by atoms with E-state index in [2.05, 4.69) is 15.2 Å². The van der Waals surface area contributed by atoms with Gasteiger partial charge in [0.1, 0.15) is 5.69 Å². The first kappa shape index (κ1) is 15.4. The second kappa shape index (κ2) is 5.44. The van der Waals surface area contributed by atoms with Gasteiger partial charge < -0.3 is 0 Å². The lowest BCUT2D eigenvalue weighted by atomic mass is 10.1. The van der Waals surface area contributed by atoms with Gasteiger partial charge in [-0.15, -0.1) is 0 Å². The molecule has 5 nitrogen and oxygen atoms in total. The summed E-state index contributed by atoms with van der Waals surface area (Å²) >= 11 is 0. The molecule has 8 heteroatoms. The van der Waals surface area contributed by atoms with Crippen molar-refractivity contribution in [1.82, 2.24) is 24.4 Å². The van der Waals surface area contributed by atoms with Crippen LogP contribution >= 0.6 is 0 Å². The van der Waals surface area contributed by atoms with Gasteiger partial charge in [0, 0.05) is 24.4 Å². The summed E-state index contributed by atoms with van der Waals surface area (Å²) in [7, 11) is 1.28. The summed E-state index contributed by atoms with van der Waals surface area (Å²) in [5.41, 5.74) is 2.41. The quantitative estimate of drug-likeness (QED) is 0.556. The summed E-state index contributed by atoms with van der Waals surface area (Å²) in [5.74, 6) is 0. The first-order chi connectivity index (χ1) is 11.9. The third-order valence-corrected chi connectivity index (χ3v) is 3.88. The minimum atomic E-state index is -4.43. The Labute approximate surface area is 140 Å². The van der Waals surface area contributed by atoms with Crippen LogP contribution in [0.3, 0.4) is 0 Å². The molecule has 126 valence electrons. The first-order valence-corrected chi connectivity index (χ1v) is 7.44.